The van der Waals surface area contributed by atoms with Crippen molar-refractivity contribution in [2.24, 2.45) is 0 Å². The number of hydrogen-bond donors (Lipinski definition) is 0. The second kappa shape index (κ2) is 4.49. The van der Waals surface area contributed by atoms with Gasteiger partial charge in [0.05, 0.1) is 0 Å². The predicted molar refractivity (Wildman–Crippen MR) is 49.3 cm³/mol. The molecule has 0 unspecified atom stereocenters. The van der Waals surface area contributed by atoms with Gasteiger partial charge in [-0.2, -0.15) is 0 Å². The summed E-state index contributed by atoms with van der Waals surface area (Å²) in [5.41, 5.74) is 0. The van der Waals surface area contributed by atoms with E-state index in [1.54, 1.807) is 0 Å². The van der Waals surface area contributed by atoms with Gasteiger partial charge < -0.3 is 9.47 Å². The molecule has 1 heterocycles. The quantitative estimate of drug-likeness (QED) is 0.472. The van der Waals surface area contributed by atoms with E-state index in [-0.39, 0.29) is 0 Å². The van der Waals surface area contributed by atoms with Gasteiger partial charge in [0.1, 0.15) is 0 Å². The monoisotopic (exact) mass is 186 g/mol. The van der Waals surface area contributed by atoms with Crippen molar-refractivity contribution in [2.45, 2.75) is 58.2 Å². The van der Waals surface area contributed by atoms with Crippen molar-refractivity contribution in [3.63, 3.8) is 0 Å². The molecule has 1 saturated heterocycles. The van der Waals surface area contributed by atoms with Gasteiger partial charge in [-0.15, -0.1) is 0 Å². The lowest BCUT2D eigenvalue weighted by Crippen LogP contribution is -2.47. The topological polar surface area (TPSA) is 35.5 Å². The van der Waals surface area contributed by atoms with Crippen LogP contribution in [0, 0.1) is 0 Å². The maximum atomic E-state index is 10.4. The first-order valence-corrected chi connectivity index (χ1v) is 5.08. The predicted octanol–water partition coefficient (Wildman–Crippen LogP) is 3.23. The van der Waals surface area contributed by atoms with Gasteiger partial charge in [-0.05, 0) is 6.42 Å². The van der Waals surface area contributed by atoms with Crippen LogP contribution in [0.4, 0.5) is 4.79 Å². The van der Waals surface area contributed by atoms with E-state index in [1.165, 1.54) is 25.7 Å². The number of ether oxygens (including phenoxy) is 2. The Kier molecular flexibility index (Phi) is 3.58. The van der Waals surface area contributed by atoms with Crippen molar-refractivity contribution in [2.75, 3.05) is 0 Å². The molecule has 3 nitrogen and oxygen atoms in total. The second-order valence-electron chi connectivity index (χ2n) is 3.75. The molecule has 0 bridgehead atoms. The first-order chi connectivity index (χ1) is 6.16. The van der Waals surface area contributed by atoms with Crippen LogP contribution < -0.4 is 0 Å². The molecule has 1 aliphatic rings. The van der Waals surface area contributed by atoms with Gasteiger partial charge in [0.15, 0.2) is 0 Å². The summed E-state index contributed by atoms with van der Waals surface area (Å²) in [6, 6.07) is 0. The molecule has 0 atom stereocenters. The molecule has 76 valence electrons. The number of hydrogen-bond acceptors (Lipinski definition) is 3. The molecule has 0 aliphatic carbocycles. The molecule has 3 heteroatoms. The van der Waals surface area contributed by atoms with Crippen LogP contribution >= 0.6 is 0 Å². The highest BCUT2D eigenvalue weighted by atomic mass is 16.9. The second-order valence-corrected chi connectivity index (χ2v) is 3.75. The van der Waals surface area contributed by atoms with E-state index in [4.69, 9.17) is 9.47 Å². The Hall–Kier alpha value is -0.730. The van der Waals surface area contributed by atoms with Crippen LogP contribution in [0.3, 0.4) is 0 Å². The van der Waals surface area contributed by atoms with Crippen molar-refractivity contribution in [3.05, 3.63) is 0 Å². The molecular weight excluding hydrogens is 168 g/mol. The maximum absolute atomic E-state index is 10.4. The van der Waals surface area contributed by atoms with E-state index >= 15 is 0 Å². The van der Waals surface area contributed by atoms with E-state index < -0.39 is 11.9 Å². The van der Waals surface area contributed by atoms with Gasteiger partial charge in [0.2, 0.25) is 0 Å². The minimum atomic E-state index is -0.608. The fourth-order valence-corrected chi connectivity index (χ4v) is 1.51. The molecule has 1 aliphatic heterocycles. The lowest BCUT2D eigenvalue weighted by atomic mass is 10.1. The summed E-state index contributed by atoms with van der Waals surface area (Å²) in [4.78, 5) is 10.4. The van der Waals surface area contributed by atoms with E-state index in [1.807, 2.05) is 6.92 Å². The van der Waals surface area contributed by atoms with Crippen molar-refractivity contribution < 1.29 is 14.3 Å². The summed E-state index contributed by atoms with van der Waals surface area (Å²) in [6.45, 7) is 4.01. The zero-order chi connectivity index (χ0) is 9.73. The third-order valence-electron chi connectivity index (χ3n) is 2.33. The molecule has 0 N–H and O–H groups in total. The fourth-order valence-electron chi connectivity index (χ4n) is 1.51. The molecule has 0 saturated carbocycles. The van der Waals surface area contributed by atoms with Gasteiger partial charge in [0.25, 0.3) is 5.79 Å². The van der Waals surface area contributed by atoms with Crippen LogP contribution in [-0.4, -0.2) is 11.9 Å². The molecule has 1 rings (SSSR count). The smallest absolute Gasteiger partial charge is 0.391 e. The zero-order valence-corrected chi connectivity index (χ0v) is 8.47. The summed E-state index contributed by atoms with van der Waals surface area (Å²) in [6.07, 6.45) is 6.37. The summed E-state index contributed by atoms with van der Waals surface area (Å²) in [7, 11) is 0. The fraction of sp³-hybridized carbons (Fsp3) is 0.900. The SMILES string of the molecule is CCCCCCCC1(C)OC(=O)O1. The van der Waals surface area contributed by atoms with Crippen molar-refractivity contribution in [3.8, 4) is 0 Å². The van der Waals surface area contributed by atoms with E-state index in [9.17, 15) is 4.79 Å². The van der Waals surface area contributed by atoms with Crippen LogP contribution in [0.2, 0.25) is 0 Å². The third-order valence-corrected chi connectivity index (χ3v) is 2.33. The van der Waals surface area contributed by atoms with Crippen molar-refractivity contribution >= 4 is 6.16 Å². The first-order valence-electron chi connectivity index (χ1n) is 5.08. The standard InChI is InChI=1S/C10H18O3/c1-3-4-5-6-7-8-10(2)12-9(11)13-10/h3-8H2,1-2H3. The average molecular weight is 186 g/mol. The Bertz CT molecular complexity index is 169. The maximum Gasteiger partial charge on any atom is 0.514 e. The van der Waals surface area contributed by atoms with Gasteiger partial charge in [-0.25, -0.2) is 4.79 Å². The number of unbranched alkanes of at least 4 members (excludes halogenated alkanes) is 4. The highest BCUT2D eigenvalue weighted by Gasteiger charge is 2.43. The van der Waals surface area contributed by atoms with Gasteiger partial charge in [-0.3, -0.25) is 0 Å². The lowest BCUT2D eigenvalue weighted by molar-refractivity contribution is -0.263. The number of cyclic esters (lactones) is 2. The van der Waals surface area contributed by atoms with Crippen LogP contribution in [0.25, 0.3) is 0 Å². The molecule has 13 heavy (non-hydrogen) atoms. The Morgan fingerprint density at radius 1 is 1.15 bits per heavy atom. The minimum Gasteiger partial charge on any atom is -0.391 e. The number of carbonyl (C=O) groups is 1. The molecular formula is C10H18O3. The first kappa shape index (κ1) is 10.4. The van der Waals surface area contributed by atoms with Crippen LogP contribution in [0.1, 0.15) is 52.4 Å². The molecule has 1 fully saturated rings. The van der Waals surface area contributed by atoms with E-state index in [0.717, 1.165) is 12.8 Å². The zero-order valence-electron chi connectivity index (χ0n) is 8.47. The van der Waals surface area contributed by atoms with Crippen LogP contribution in [-0.2, 0) is 9.47 Å². The van der Waals surface area contributed by atoms with Gasteiger partial charge >= 0.3 is 6.16 Å². The molecule has 0 aromatic rings. The normalized spacial score (nSPS) is 18.8. The third kappa shape index (κ3) is 3.25. The highest BCUT2D eigenvalue weighted by molar-refractivity contribution is 5.65. The van der Waals surface area contributed by atoms with Gasteiger partial charge in [-0.1, -0.05) is 32.6 Å². The Labute approximate surface area is 79.4 Å². The van der Waals surface area contributed by atoms with E-state index in [0.29, 0.717) is 0 Å². The number of carbonyl (C=O) groups excluding carboxylic acids is 1. The van der Waals surface area contributed by atoms with Crippen LogP contribution in [0.5, 0.6) is 0 Å². The summed E-state index contributed by atoms with van der Waals surface area (Å²) < 4.78 is 9.74. The van der Waals surface area contributed by atoms with Gasteiger partial charge in [0, 0.05) is 13.3 Å². The molecule has 0 amide bonds. The molecule has 0 radical (unpaired) electrons. The molecule has 0 aromatic heterocycles. The minimum absolute atomic E-state index is 0.531. The van der Waals surface area contributed by atoms with Crippen molar-refractivity contribution in [1.82, 2.24) is 0 Å². The Morgan fingerprint density at radius 2 is 1.77 bits per heavy atom. The highest BCUT2D eigenvalue weighted by Crippen LogP contribution is 2.30. The van der Waals surface area contributed by atoms with Crippen molar-refractivity contribution in [1.29, 1.82) is 0 Å². The summed E-state index contributed by atoms with van der Waals surface area (Å²) in [5.74, 6) is -0.608. The molecule has 0 aromatic carbocycles. The average Bonchev–Trinajstić information content (AvgIpc) is 2.02. The number of rotatable bonds is 6. The Morgan fingerprint density at radius 3 is 2.31 bits per heavy atom. The Balaban J connectivity index is 1.97. The van der Waals surface area contributed by atoms with E-state index in [2.05, 4.69) is 6.92 Å². The molecule has 0 spiro atoms. The van der Waals surface area contributed by atoms with Crippen LogP contribution in [0.15, 0.2) is 0 Å². The summed E-state index contributed by atoms with van der Waals surface area (Å²) >= 11 is 0. The lowest BCUT2D eigenvalue weighted by Gasteiger charge is -2.36. The largest absolute Gasteiger partial charge is 0.514 e. The summed E-state index contributed by atoms with van der Waals surface area (Å²) in [5, 5.41) is 0.